The molecular formula is C13H14N2O3. The Balaban J connectivity index is 1.91. The number of oxazole rings is 1. The van der Waals surface area contributed by atoms with E-state index in [-0.39, 0.29) is 12.4 Å². The summed E-state index contributed by atoms with van der Waals surface area (Å²) in [7, 11) is 0. The lowest BCUT2D eigenvalue weighted by molar-refractivity contribution is 0.0854. The highest BCUT2D eigenvalue weighted by Gasteiger charge is 2.14. The third-order valence-corrected chi connectivity index (χ3v) is 2.40. The average Bonchev–Trinajstić information content (AvgIpc) is 2.72. The SMILES string of the molecule is Cc1nc(COCc2ccccc2)oc1C(N)=O. The zero-order valence-corrected chi connectivity index (χ0v) is 10.1. The lowest BCUT2D eigenvalue weighted by atomic mass is 10.2. The van der Waals surface area contributed by atoms with Crippen LogP contribution in [0, 0.1) is 6.92 Å². The van der Waals surface area contributed by atoms with E-state index in [0.717, 1.165) is 5.56 Å². The molecule has 0 aliphatic rings. The molecule has 2 rings (SSSR count). The maximum absolute atomic E-state index is 11.0. The normalized spacial score (nSPS) is 10.5. The van der Waals surface area contributed by atoms with Gasteiger partial charge in [0.2, 0.25) is 11.7 Å². The molecule has 0 saturated carbocycles. The monoisotopic (exact) mass is 246 g/mol. The summed E-state index contributed by atoms with van der Waals surface area (Å²) >= 11 is 0. The highest BCUT2D eigenvalue weighted by Crippen LogP contribution is 2.11. The maximum Gasteiger partial charge on any atom is 0.286 e. The van der Waals surface area contributed by atoms with Crippen LogP contribution in [-0.2, 0) is 18.0 Å². The highest BCUT2D eigenvalue weighted by atomic mass is 16.5. The van der Waals surface area contributed by atoms with Crippen molar-refractivity contribution >= 4 is 5.91 Å². The number of amides is 1. The van der Waals surface area contributed by atoms with Gasteiger partial charge in [0.05, 0.1) is 12.3 Å². The summed E-state index contributed by atoms with van der Waals surface area (Å²) in [6.45, 7) is 2.35. The van der Waals surface area contributed by atoms with Crippen LogP contribution in [0.15, 0.2) is 34.7 Å². The van der Waals surface area contributed by atoms with Crippen LogP contribution in [0.1, 0.15) is 27.7 Å². The number of carbonyl (C=O) groups excluding carboxylic acids is 1. The first-order valence-corrected chi connectivity index (χ1v) is 5.54. The van der Waals surface area contributed by atoms with E-state index in [1.54, 1.807) is 6.92 Å². The first-order chi connectivity index (χ1) is 8.66. The van der Waals surface area contributed by atoms with Crippen molar-refractivity contribution in [3.63, 3.8) is 0 Å². The smallest absolute Gasteiger partial charge is 0.286 e. The fourth-order valence-electron chi connectivity index (χ4n) is 1.57. The molecule has 0 unspecified atom stereocenters. The first-order valence-electron chi connectivity index (χ1n) is 5.54. The number of ether oxygens (including phenoxy) is 1. The van der Waals surface area contributed by atoms with Crippen LogP contribution in [0.25, 0.3) is 0 Å². The van der Waals surface area contributed by atoms with E-state index in [4.69, 9.17) is 14.9 Å². The minimum Gasteiger partial charge on any atom is -0.433 e. The Morgan fingerprint density at radius 1 is 1.33 bits per heavy atom. The molecule has 0 atom stereocenters. The topological polar surface area (TPSA) is 78.3 Å². The van der Waals surface area contributed by atoms with E-state index in [0.29, 0.717) is 18.2 Å². The molecule has 1 heterocycles. The number of primary amides is 1. The van der Waals surface area contributed by atoms with Crippen LogP contribution in [0.3, 0.4) is 0 Å². The fraction of sp³-hybridized carbons (Fsp3) is 0.231. The Hall–Kier alpha value is -2.14. The minimum absolute atomic E-state index is 0.0910. The molecule has 1 aromatic carbocycles. The van der Waals surface area contributed by atoms with Crippen molar-refractivity contribution in [2.24, 2.45) is 5.73 Å². The molecule has 0 saturated heterocycles. The molecule has 94 valence electrons. The maximum atomic E-state index is 11.0. The summed E-state index contributed by atoms with van der Waals surface area (Å²) in [6, 6.07) is 9.77. The molecule has 5 heteroatoms. The Morgan fingerprint density at radius 2 is 2.06 bits per heavy atom. The Morgan fingerprint density at radius 3 is 2.67 bits per heavy atom. The first kappa shape index (κ1) is 12.3. The standard InChI is InChI=1S/C13H14N2O3/c1-9-12(13(14)16)18-11(15-9)8-17-7-10-5-3-2-4-6-10/h2-6H,7-8H2,1H3,(H2,14,16). The zero-order chi connectivity index (χ0) is 13.0. The van der Waals surface area contributed by atoms with E-state index in [2.05, 4.69) is 4.98 Å². The number of nitrogens with two attached hydrogens (primary N) is 1. The number of aromatic nitrogens is 1. The van der Waals surface area contributed by atoms with Gasteiger partial charge in [-0.25, -0.2) is 4.98 Å². The molecule has 0 aliphatic heterocycles. The molecule has 0 aliphatic carbocycles. The fourth-order valence-corrected chi connectivity index (χ4v) is 1.57. The van der Waals surface area contributed by atoms with Crippen molar-refractivity contribution in [1.82, 2.24) is 4.98 Å². The molecule has 18 heavy (non-hydrogen) atoms. The molecule has 0 fully saturated rings. The summed E-state index contributed by atoms with van der Waals surface area (Å²) in [4.78, 5) is 15.0. The molecule has 2 aromatic rings. The van der Waals surface area contributed by atoms with Crippen molar-refractivity contribution in [2.45, 2.75) is 20.1 Å². The molecule has 0 bridgehead atoms. The van der Waals surface area contributed by atoms with Gasteiger partial charge in [0.1, 0.15) is 6.61 Å². The Kier molecular flexibility index (Phi) is 3.74. The van der Waals surface area contributed by atoms with Crippen molar-refractivity contribution in [3.05, 3.63) is 53.2 Å². The van der Waals surface area contributed by atoms with Gasteiger partial charge in [-0.15, -0.1) is 0 Å². The summed E-state index contributed by atoms with van der Waals surface area (Å²) in [5, 5.41) is 0. The van der Waals surface area contributed by atoms with Crippen LogP contribution in [0.5, 0.6) is 0 Å². The van der Waals surface area contributed by atoms with Crippen LogP contribution in [0.2, 0.25) is 0 Å². The molecule has 1 amide bonds. The van der Waals surface area contributed by atoms with Crippen LogP contribution < -0.4 is 5.73 Å². The van der Waals surface area contributed by atoms with E-state index in [1.807, 2.05) is 30.3 Å². The van der Waals surface area contributed by atoms with Crippen molar-refractivity contribution < 1.29 is 13.9 Å². The van der Waals surface area contributed by atoms with Gasteiger partial charge < -0.3 is 14.9 Å². The minimum atomic E-state index is -0.616. The van der Waals surface area contributed by atoms with E-state index >= 15 is 0 Å². The number of hydrogen-bond acceptors (Lipinski definition) is 4. The van der Waals surface area contributed by atoms with Crippen molar-refractivity contribution in [3.8, 4) is 0 Å². The molecule has 5 nitrogen and oxygen atoms in total. The van der Waals surface area contributed by atoms with E-state index < -0.39 is 5.91 Å². The van der Waals surface area contributed by atoms with E-state index in [9.17, 15) is 4.79 Å². The summed E-state index contributed by atoms with van der Waals surface area (Å²) in [5.74, 6) is -0.167. The van der Waals surface area contributed by atoms with Gasteiger partial charge in [0.25, 0.3) is 5.91 Å². The Labute approximate surface area is 105 Å². The number of hydrogen-bond donors (Lipinski definition) is 1. The molecule has 2 N–H and O–H groups in total. The number of benzene rings is 1. The van der Waals surface area contributed by atoms with Crippen molar-refractivity contribution in [2.75, 3.05) is 0 Å². The van der Waals surface area contributed by atoms with Gasteiger partial charge in [-0.1, -0.05) is 30.3 Å². The quantitative estimate of drug-likeness (QED) is 0.872. The molecule has 1 aromatic heterocycles. The number of nitrogens with zero attached hydrogens (tertiary/aromatic N) is 1. The molecule has 0 spiro atoms. The van der Waals surface area contributed by atoms with Crippen molar-refractivity contribution in [1.29, 1.82) is 0 Å². The second kappa shape index (κ2) is 5.46. The van der Waals surface area contributed by atoms with Gasteiger partial charge in [-0.3, -0.25) is 4.79 Å². The number of rotatable bonds is 5. The van der Waals surface area contributed by atoms with Crippen LogP contribution in [-0.4, -0.2) is 10.9 Å². The number of aryl methyl sites for hydroxylation is 1. The summed E-state index contributed by atoms with van der Waals surface area (Å²) in [6.07, 6.45) is 0. The summed E-state index contributed by atoms with van der Waals surface area (Å²) in [5.41, 5.74) is 6.69. The largest absolute Gasteiger partial charge is 0.433 e. The summed E-state index contributed by atoms with van der Waals surface area (Å²) < 4.78 is 10.6. The Bertz CT molecular complexity index is 534. The highest BCUT2D eigenvalue weighted by molar-refractivity contribution is 5.90. The zero-order valence-electron chi connectivity index (χ0n) is 10.1. The van der Waals surface area contributed by atoms with Crippen LogP contribution >= 0.6 is 0 Å². The molecule has 0 radical (unpaired) electrons. The van der Waals surface area contributed by atoms with Gasteiger partial charge in [-0.05, 0) is 12.5 Å². The predicted octanol–water partition coefficient (Wildman–Crippen LogP) is 1.80. The lowest BCUT2D eigenvalue weighted by Crippen LogP contribution is -2.10. The van der Waals surface area contributed by atoms with E-state index in [1.165, 1.54) is 0 Å². The van der Waals surface area contributed by atoms with Gasteiger partial charge in [-0.2, -0.15) is 0 Å². The third kappa shape index (κ3) is 2.95. The van der Waals surface area contributed by atoms with Gasteiger partial charge in [0, 0.05) is 0 Å². The number of carbonyl (C=O) groups is 1. The predicted molar refractivity (Wildman–Crippen MR) is 64.7 cm³/mol. The van der Waals surface area contributed by atoms with Gasteiger partial charge >= 0.3 is 0 Å². The van der Waals surface area contributed by atoms with Crippen LogP contribution in [0.4, 0.5) is 0 Å². The second-order valence-electron chi connectivity index (χ2n) is 3.86. The lowest BCUT2D eigenvalue weighted by Gasteiger charge is -2.01. The second-order valence-corrected chi connectivity index (χ2v) is 3.86. The molecular weight excluding hydrogens is 232 g/mol. The van der Waals surface area contributed by atoms with Gasteiger partial charge in [0.15, 0.2) is 0 Å². The third-order valence-electron chi connectivity index (χ3n) is 2.40. The average molecular weight is 246 g/mol.